The molecule has 0 amide bonds. The maximum absolute atomic E-state index is 10.2. The van der Waals surface area contributed by atoms with Gasteiger partial charge in [-0.2, -0.15) is 0 Å². The molecule has 6 heteroatoms. The monoisotopic (exact) mass is 513 g/mol. The molecule has 1 heterocycles. The SMILES string of the molecule is Oc1ccc(C2N=c3ccc(NCc4ccccc4O)cc3=NC2(c2ccccc2)c2ccc(O)cc2)cc1. The molecule has 0 aliphatic carbocycles. The van der Waals surface area contributed by atoms with Gasteiger partial charge in [-0.25, -0.2) is 0 Å². The predicted octanol–water partition coefficient (Wildman–Crippen LogP) is 5.35. The number of phenolic OH excluding ortho intramolecular Hbond substituents is 3. The molecule has 0 saturated carbocycles. The van der Waals surface area contributed by atoms with Crippen molar-refractivity contribution in [3.63, 3.8) is 0 Å². The Morgan fingerprint density at radius 3 is 2.00 bits per heavy atom. The first-order chi connectivity index (χ1) is 19.0. The lowest BCUT2D eigenvalue weighted by Crippen LogP contribution is -2.43. The molecule has 2 atom stereocenters. The molecular formula is C33H27N3O3. The van der Waals surface area contributed by atoms with Crippen LogP contribution in [0.2, 0.25) is 0 Å². The average Bonchev–Trinajstić information content (AvgIpc) is 2.97. The van der Waals surface area contributed by atoms with Crippen LogP contribution in [0.25, 0.3) is 0 Å². The highest BCUT2D eigenvalue weighted by Crippen LogP contribution is 2.47. The number of nitrogens with zero attached hydrogens (tertiary/aromatic N) is 2. The van der Waals surface area contributed by atoms with Gasteiger partial charge in [-0.05, 0) is 65.2 Å². The molecule has 192 valence electrons. The van der Waals surface area contributed by atoms with E-state index < -0.39 is 11.6 Å². The minimum absolute atomic E-state index is 0.173. The van der Waals surface area contributed by atoms with E-state index in [1.165, 1.54) is 0 Å². The fourth-order valence-corrected chi connectivity index (χ4v) is 5.16. The summed E-state index contributed by atoms with van der Waals surface area (Å²) >= 11 is 0. The molecule has 2 unspecified atom stereocenters. The summed E-state index contributed by atoms with van der Waals surface area (Å²) in [6, 6.07) is 37.0. The van der Waals surface area contributed by atoms with Gasteiger partial charge in [-0.1, -0.05) is 72.8 Å². The van der Waals surface area contributed by atoms with Gasteiger partial charge < -0.3 is 20.6 Å². The van der Waals surface area contributed by atoms with Gasteiger partial charge in [0.15, 0.2) is 0 Å². The number of benzene rings is 5. The highest BCUT2D eigenvalue weighted by molar-refractivity contribution is 5.49. The summed E-state index contributed by atoms with van der Waals surface area (Å²) in [7, 11) is 0. The van der Waals surface area contributed by atoms with Crippen molar-refractivity contribution in [1.82, 2.24) is 0 Å². The Kier molecular flexibility index (Phi) is 6.21. The first kappa shape index (κ1) is 24.2. The third-order valence-electron chi connectivity index (χ3n) is 7.14. The smallest absolute Gasteiger partial charge is 0.138 e. The molecule has 4 N–H and O–H groups in total. The highest BCUT2D eigenvalue weighted by atomic mass is 16.3. The number of fused-ring (bicyclic) bond motifs is 1. The third kappa shape index (κ3) is 4.57. The van der Waals surface area contributed by atoms with Crippen LogP contribution in [-0.2, 0) is 12.1 Å². The molecule has 6 nitrogen and oxygen atoms in total. The van der Waals surface area contributed by atoms with Gasteiger partial charge in [0.25, 0.3) is 0 Å². The van der Waals surface area contributed by atoms with E-state index in [1.807, 2.05) is 84.9 Å². The normalized spacial score (nSPS) is 17.9. The molecule has 0 aromatic heterocycles. The van der Waals surface area contributed by atoms with Gasteiger partial charge >= 0.3 is 0 Å². The van der Waals surface area contributed by atoms with Crippen molar-refractivity contribution in [2.45, 2.75) is 18.1 Å². The van der Waals surface area contributed by atoms with Crippen molar-refractivity contribution in [2.24, 2.45) is 9.98 Å². The fraction of sp³-hybridized carbons (Fsp3) is 0.0909. The standard InChI is InChI=1S/C33H27N3O3/c37-27-15-10-22(11-16-27)32-33(24-7-2-1-3-8-24,25-12-17-28(38)18-13-25)36-30-20-26(14-19-29(30)35-32)34-21-23-6-4-5-9-31(23)39/h1-20,32,34,37-39H,21H2. The van der Waals surface area contributed by atoms with Gasteiger partial charge in [0.05, 0.1) is 10.7 Å². The average molecular weight is 514 g/mol. The van der Waals surface area contributed by atoms with Crippen molar-refractivity contribution in [3.05, 3.63) is 154 Å². The van der Waals surface area contributed by atoms with Gasteiger partial charge in [0.1, 0.15) is 28.8 Å². The van der Waals surface area contributed by atoms with E-state index in [4.69, 9.17) is 9.98 Å². The Hall–Kier alpha value is -5.10. The van der Waals surface area contributed by atoms with Crippen LogP contribution < -0.4 is 16.0 Å². The summed E-state index contributed by atoms with van der Waals surface area (Å²) in [5.41, 5.74) is 3.46. The summed E-state index contributed by atoms with van der Waals surface area (Å²) in [5, 5.41) is 35.1. The minimum atomic E-state index is -0.935. The summed E-state index contributed by atoms with van der Waals surface area (Å²) in [5.74, 6) is 0.601. The van der Waals surface area contributed by atoms with Crippen LogP contribution >= 0.6 is 0 Å². The third-order valence-corrected chi connectivity index (χ3v) is 7.14. The Balaban J connectivity index is 1.55. The molecule has 0 fully saturated rings. The zero-order valence-electron chi connectivity index (χ0n) is 21.1. The van der Waals surface area contributed by atoms with Crippen molar-refractivity contribution < 1.29 is 15.3 Å². The number of para-hydroxylation sites is 1. The van der Waals surface area contributed by atoms with E-state index in [-0.39, 0.29) is 17.2 Å². The van der Waals surface area contributed by atoms with E-state index >= 15 is 0 Å². The molecule has 1 aliphatic heterocycles. The van der Waals surface area contributed by atoms with Crippen LogP contribution in [0.3, 0.4) is 0 Å². The van der Waals surface area contributed by atoms with Crippen molar-refractivity contribution in [1.29, 1.82) is 0 Å². The second-order valence-electron chi connectivity index (χ2n) is 9.60. The Bertz CT molecular complexity index is 1740. The predicted molar refractivity (Wildman–Crippen MR) is 150 cm³/mol. The maximum Gasteiger partial charge on any atom is 0.138 e. The number of aromatic hydroxyl groups is 3. The Morgan fingerprint density at radius 2 is 1.28 bits per heavy atom. The summed E-state index contributed by atoms with van der Waals surface area (Å²) < 4.78 is 0. The maximum atomic E-state index is 10.2. The van der Waals surface area contributed by atoms with E-state index in [2.05, 4.69) is 5.32 Å². The number of hydrogen-bond donors (Lipinski definition) is 4. The summed E-state index contributed by atoms with van der Waals surface area (Å²) in [6.45, 7) is 0.459. The van der Waals surface area contributed by atoms with Gasteiger partial charge in [-0.3, -0.25) is 9.98 Å². The first-order valence-electron chi connectivity index (χ1n) is 12.8. The van der Waals surface area contributed by atoms with Crippen LogP contribution in [0.4, 0.5) is 5.69 Å². The van der Waals surface area contributed by atoms with Crippen LogP contribution in [0, 0.1) is 0 Å². The number of anilines is 1. The zero-order chi connectivity index (χ0) is 26.8. The fourth-order valence-electron chi connectivity index (χ4n) is 5.16. The zero-order valence-corrected chi connectivity index (χ0v) is 21.1. The number of phenols is 3. The molecule has 1 aliphatic rings. The topological polar surface area (TPSA) is 97.4 Å². The lowest BCUT2D eigenvalue weighted by molar-refractivity contribution is 0.404. The van der Waals surface area contributed by atoms with Crippen LogP contribution in [-0.4, -0.2) is 15.3 Å². The van der Waals surface area contributed by atoms with Crippen molar-refractivity contribution in [3.8, 4) is 17.2 Å². The van der Waals surface area contributed by atoms with Gasteiger partial charge in [0, 0.05) is 17.8 Å². The van der Waals surface area contributed by atoms with E-state index in [0.717, 1.165) is 38.7 Å². The second kappa shape index (κ2) is 9.99. The number of rotatable bonds is 6. The van der Waals surface area contributed by atoms with Crippen molar-refractivity contribution >= 4 is 5.69 Å². The van der Waals surface area contributed by atoms with Crippen LogP contribution in [0.5, 0.6) is 17.2 Å². The Labute approximate surface area is 225 Å². The second-order valence-corrected chi connectivity index (χ2v) is 9.60. The number of nitrogens with one attached hydrogen (secondary N) is 1. The molecular weight excluding hydrogens is 486 g/mol. The molecule has 0 spiro atoms. The van der Waals surface area contributed by atoms with E-state index in [0.29, 0.717) is 6.54 Å². The molecule has 0 saturated heterocycles. The highest BCUT2D eigenvalue weighted by Gasteiger charge is 2.44. The quantitative estimate of drug-likeness (QED) is 0.246. The van der Waals surface area contributed by atoms with Gasteiger partial charge in [-0.15, -0.1) is 0 Å². The largest absolute Gasteiger partial charge is 0.508 e. The van der Waals surface area contributed by atoms with Crippen molar-refractivity contribution in [2.75, 3.05) is 5.32 Å². The lowest BCUT2D eigenvalue weighted by atomic mass is 9.74. The first-order valence-corrected chi connectivity index (χ1v) is 12.8. The van der Waals surface area contributed by atoms with Crippen LogP contribution in [0.1, 0.15) is 28.3 Å². The molecule has 5 aromatic rings. The molecule has 0 radical (unpaired) electrons. The van der Waals surface area contributed by atoms with Gasteiger partial charge in [0.2, 0.25) is 0 Å². The summed E-state index contributed by atoms with van der Waals surface area (Å²) in [4.78, 5) is 10.7. The molecule has 6 rings (SSSR count). The minimum Gasteiger partial charge on any atom is -0.508 e. The van der Waals surface area contributed by atoms with Crippen LogP contribution in [0.15, 0.2) is 131 Å². The molecule has 0 bridgehead atoms. The molecule has 5 aromatic carbocycles. The molecule has 39 heavy (non-hydrogen) atoms. The summed E-state index contributed by atoms with van der Waals surface area (Å²) in [6.07, 6.45) is 0. The van der Waals surface area contributed by atoms with E-state index in [9.17, 15) is 15.3 Å². The Morgan fingerprint density at radius 1 is 0.641 bits per heavy atom. The number of hydrogen-bond acceptors (Lipinski definition) is 6. The van der Waals surface area contributed by atoms with E-state index in [1.54, 1.807) is 36.4 Å². The lowest BCUT2D eigenvalue weighted by Gasteiger charge is -2.38.